The maximum absolute atomic E-state index is 12.9. The number of carbonyl (C=O) groups excluding carboxylic acids is 1. The summed E-state index contributed by atoms with van der Waals surface area (Å²) in [5, 5.41) is 9.43. The van der Waals surface area contributed by atoms with Gasteiger partial charge in [-0.3, -0.25) is 4.79 Å². The molecule has 5 nitrogen and oxygen atoms in total. The summed E-state index contributed by atoms with van der Waals surface area (Å²) in [6.07, 6.45) is 0.950. The van der Waals surface area contributed by atoms with Gasteiger partial charge >= 0.3 is 0 Å². The van der Waals surface area contributed by atoms with E-state index in [1.165, 1.54) is 10.5 Å². The number of para-hydroxylation sites is 1. The van der Waals surface area contributed by atoms with E-state index in [2.05, 4.69) is 24.0 Å². The Bertz CT molecular complexity index is 782. The number of carbonyl (C=O) groups is 1. The molecule has 0 saturated carbocycles. The molecule has 0 unspecified atom stereocenters. The Hall–Kier alpha value is -2.53. The van der Waals surface area contributed by atoms with Gasteiger partial charge in [0.1, 0.15) is 5.75 Å². The monoisotopic (exact) mass is 352 g/mol. The number of fused-ring (bicyclic) bond motifs is 1. The van der Waals surface area contributed by atoms with E-state index in [0.717, 1.165) is 44.0 Å². The molecule has 0 aromatic heterocycles. The minimum Gasteiger partial charge on any atom is -0.508 e. The molecule has 1 saturated heterocycles. The molecule has 0 radical (unpaired) electrons. The van der Waals surface area contributed by atoms with Gasteiger partial charge in [0.15, 0.2) is 6.54 Å². The highest BCUT2D eigenvalue weighted by Gasteiger charge is 2.33. The number of rotatable bonds is 3. The summed E-state index contributed by atoms with van der Waals surface area (Å²) >= 11 is 0. The van der Waals surface area contributed by atoms with Crippen LogP contribution in [0.4, 0.5) is 11.4 Å². The molecule has 0 bridgehead atoms. The summed E-state index contributed by atoms with van der Waals surface area (Å²) < 4.78 is 0. The van der Waals surface area contributed by atoms with Crippen LogP contribution in [0.5, 0.6) is 5.75 Å². The molecule has 2 aromatic rings. The predicted octanol–water partition coefficient (Wildman–Crippen LogP) is 1.07. The van der Waals surface area contributed by atoms with Gasteiger partial charge in [-0.05, 0) is 49.2 Å². The number of hydrogen-bond acceptors (Lipinski definition) is 3. The molecular formula is C21H26N3O2+. The second kappa shape index (κ2) is 7.00. The normalized spacial score (nSPS) is 20.3. The van der Waals surface area contributed by atoms with E-state index >= 15 is 0 Å². The van der Waals surface area contributed by atoms with Crippen LogP contribution in [0, 0.1) is 0 Å². The number of benzene rings is 2. The zero-order chi connectivity index (χ0) is 18.1. The molecule has 136 valence electrons. The molecule has 2 N–H and O–H groups in total. The number of nitrogens with one attached hydrogen (secondary N) is 1. The average Bonchev–Trinajstić information content (AvgIpc) is 2.99. The van der Waals surface area contributed by atoms with E-state index in [9.17, 15) is 9.90 Å². The van der Waals surface area contributed by atoms with Gasteiger partial charge < -0.3 is 19.8 Å². The molecule has 2 aromatic carbocycles. The molecular weight excluding hydrogens is 326 g/mol. The number of phenols is 1. The van der Waals surface area contributed by atoms with Crippen LogP contribution < -0.4 is 14.7 Å². The summed E-state index contributed by atoms with van der Waals surface area (Å²) in [7, 11) is 0. The molecule has 2 aliphatic rings. The number of anilines is 2. The van der Waals surface area contributed by atoms with Crippen LogP contribution in [0.15, 0.2) is 48.5 Å². The number of hydrogen-bond donors (Lipinski definition) is 2. The quantitative estimate of drug-likeness (QED) is 0.869. The Morgan fingerprint density at radius 2 is 1.81 bits per heavy atom. The minimum atomic E-state index is 0.232. The number of quaternary nitrogens is 1. The number of amides is 1. The van der Waals surface area contributed by atoms with Crippen molar-refractivity contribution < 1.29 is 14.8 Å². The number of nitrogens with zero attached hydrogens (tertiary/aromatic N) is 2. The topological polar surface area (TPSA) is 48.2 Å². The third-order valence-electron chi connectivity index (χ3n) is 5.56. The highest BCUT2D eigenvalue weighted by Crippen LogP contribution is 2.31. The van der Waals surface area contributed by atoms with Gasteiger partial charge in [0.05, 0.1) is 26.2 Å². The van der Waals surface area contributed by atoms with Gasteiger partial charge in [0.25, 0.3) is 5.91 Å². The fourth-order valence-electron chi connectivity index (χ4n) is 4.17. The predicted molar refractivity (Wildman–Crippen MR) is 103 cm³/mol. The molecule has 0 spiro atoms. The number of phenolic OH excluding ortho intramolecular Hbond substituents is 1. The fraction of sp³-hybridized carbons (Fsp3) is 0.381. The molecule has 5 heteroatoms. The highest BCUT2D eigenvalue weighted by molar-refractivity contribution is 5.96. The Morgan fingerprint density at radius 3 is 2.54 bits per heavy atom. The summed E-state index contributed by atoms with van der Waals surface area (Å²) in [5.74, 6) is 0.527. The van der Waals surface area contributed by atoms with Crippen molar-refractivity contribution in [2.75, 3.05) is 42.5 Å². The van der Waals surface area contributed by atoms with E-state index in [-0.39, 0.29) is 11.9 Å². The molecule has 1 amide bonds. The lowest BCUT2D eigenvalue weighted by Gasteiger charge is -2.34. The van der Waals surface area contributed by atoms with Crippen molar-refractivity contribution in [2.24, 2.45) is 0 Å². The van der Waals surface area contributed by atoms with Crippen LogP contribution >= 0.6 is 0 Å². The smallest absolute Gasteiger partial charge is 0.282 e. The Morgan fingerprint density at radius 1 is 1.12 bits per heavy atom. The molecule has 2 aliphatic heterocycles. The van der Waals surface area contributed by atoms with E-state index in [0.29, 0.717) is 12.3 Å². The third kappa shape index (κ3) is 3.27. The fourth-order valence-corrected chi connectivity index (χ4v) is 4.17. The molecule has 2 heterocycles. The van der Waals surface area contributed by atoms with Crippen LogP contribution in [0.2, 0.25) is 0 Å². The first-order valence-corrected chi connectivity index (χ1v) is 9.39. The van der Waals surface area contributed by atoms with Gasteiger partial charge in [0.2, 0.25) is 0 Å². The van der Waals surface area contributed by atoms with Crippen molar-refractivity contribution in [3.05, 3.63) is 54.1 Å². The number of aromatic hydroxyl groups is 1. The maximum atomic E-state index is 12.9. The summed E-state index contributed by atoms with van der Waals surface area (Å²) in [5.41, 5.74) is 3.50. The first-order chi connectivity index (χ1) is 12.6. The van der Waals surface area contributed by atoms with Gasteiger partial charge in [-0.1, -0.05) is 18.2 Å². The largest absolute Gasteiger partial charge is 0.508 e. The first-order valence-electron chi connectivity index (χ1n) is 9.39. The number of piperazine rings is 1. The minimum absolute atomic E-state index is 0.232. The molecule has 4 rings (SSSR count). The summed E-state index contributed by atoms with van der Waals surface area (Å²) in [4.78, 5) is 18.6. The van der Waals surface area contributed by atoms with Crippen LogP contribution in [-0.2, 0) is 11.2 Å². The molecule has 1 fully saturated rings. The van der Waals surface area contributed by atoms with E-state index in [1.807, 2.05) is 29.2 Å². The lowest BCUT2D eigenvalue weighted by atomic mass is 10.1. The first kappa shape index (κ1) is 16.9. The van der Waals surface area contributed by atoms with Gasteiger partial charge in [-0.15, -0.1) is 0 Å². The van der Waals surface area contributed by atoms with Gasteiger partial charge in [-0.2, -0.15) is 0 Å². The highest BCUT2D eigenvalue weighted by atomic mass is 16.3. The third-order valence-corrected chi connectivity index (χ3v) is 5.56. The molecule has 0 aliphatic carbocycles. The second-order valence-electron chi connectivity index (χ2n) is 7.38. The Labute approximate surface area is 154 Å². The van der Waals surface area contributed by atoms with E-state index < -0.39 is 0 Å². The summed E-state index contributed by atoms with van der Waals surface area (Å²) in [6.45, 7) is 6.46. The zero-order valence-corrected chi connectivity index (χ0v) is 15.2. The van der Waals surface area contributed by atoms with E-state index in [1.54, 1.807) is 12.1 Å². The zero-order valence-electron chi connectivity index (χ0n) is 15.2. The van der Waals surface area contributed by atoms with Crippen molar-refractivity contribution in [3.8, 4) is 5.75 Å². The average molecular weight is 352 g/mol. The lowest BCUT2D eigenvalue weighted by Crippen LogP contribution is -3.16. The van der Waals surface area contributed by atoms with Crippen molar-refractivity contribution in [1.82, 2.24) is 0 Å². The van der Waals surface area contributed by atoms with E-state index in [4.69, 9.17) is 0 Å². The standard InChI is InChI=1S/C21H25N3O2/c1-16-14-17-4-2-3-5-20(17)24(16)21(26)15-22-10-12-23(13-11-22)18-6-8-19(25)9-7-18/h2-9,16,25H,10-15H2,1H3/p+1/t16-/m0/s1. The Kier molecular flexibility index (Phi) is 4.55. The SMILES string of the molecule is C[C@H]1Cc2ccccc2N1C(=O)C[NH+]1CCN(c2ccc(O)cc2)CC1. The van der Waals surface area contributed by atoms with Crippen LogP contribution in [-0.4, -0.2) is 49.8 Å². The van der Waals surface area contributed by atoms with Crippen molar-refractivity contribution in [2.45, 2.75) is 19.4 Å². The summed E-state index contributed by atoms with van der Waals surface area (Å²) in [6, 6.07) is 15.9. The molecule has 26 heavy (non-hydrogen) atoms. The lowest BCUT2D eigenvalue weighted by molar-refractivity contribution is -0.892. The molecule has 1 atom stereocenters. The van der Waals surface area contributed by atoms with Crippen LogP contribution in [0.3, 0.4) is 0 Å². The maximum Gasteiger partial charge on any atom is 0.282 e. The Balaban J connectivity index is 1.36. The van der Waals surface area contributed by atoms with Crippen molar-refractivity contribution in [1.29, 1.82) is 0 Å². The van der Waals surface area contributed by atoms with Gasteiger partial charge in [0, 0.05) is 17.4 Å². The van der Waals surface area contributed by atoms with Crippen LogP contribution in [0.1, 0.15) is 12.5 Å². The van der Waals surface area contributed by atoms with Gasteiger partial charge in [-0.25, -0.2) is 0 Å². The van der Waals surface area contributed by atoms with Crippen LogP contribution in [0.25, 0.3) is 0 Å². The second-order valence-corrected chi connectivity index (χ2v) is 7.38. The van der Waals surface area contributed by atoms with Crippen molar-refractivity contribution in [3.63, 3.8) is 0 Å². The van der Waals surface area contributed by atoms with Crippen molar-refractivity contribution >= 4 is 17.3 Å².